The van der Waals surface area contributed by atoms with Gasteiger partial charge in [0.25, 0.3) is 5.91 Å². The monoisotopic (exact) mass is 630 g/mol. The van der Waals surface area contributed by atoms with Crippen molar-refractivity contribution in [3.8, 4) is 6.07 Å². The second-order valence-corrected chi connectivity index (χ2v) is 19.8. The third-order valence-corrected chi connectivity index (χ3v) is 10.2. The maximum atomic E-state index is 13.9. The Morgan fingerprint density at radius 2 is 1.89 bits per heavy atom. The number of nitrogens with zero attached hydrogens (tertiary/aromatic N) is 5. The molecule has 44 heavy (non-hydrogen) atoms. The van der Waals surface area contributed by atoms with Gasteiger partial charge in [0.05, 0.1) is 11.4 Å². The van der Waals surface area contributed by atoms with Crippen molar-refractivity contribution in [2.24, 2.45) is 5.41 Å². The van der Waals surface area contributed by atoms with Gasteiger partial charge in [0.2, 0.25) is 5.82 Å². The highest BCUT2D eigenvalue weighted by molar-refractivity contribution is 6.76. The molecule has 0 saturated carbocycles. The average Bonchev–Trinajstić information content (AvgIpc) is 3.47. The third kappa shape index (κ3) is 8.07. The summed E-state index contributed by atoms with van der Waals surface area (Å²) < 4.78 is 110. The van der Waals surface area contributed by atoms with E-state index in [1.165, 1.54) is 29.8 Å². The molecule has 0 spiro atoms. The number of aromatic nitrogens is 3. The number of nitrogens with one attached hydrogen (secondary N) is 1. The topological polar surface area (TPSA) is 96.1 Å². The number of imidazole rings is 1. The van der Waals surface area contributed by atoms with Crippen molar-refractivity contribution in [3.05, 3.63) is 47.3 Å². The molecule has 0 atom stereocenters. The first kappa shape index (κ1) is 21.1. The number of carbonyl (C=O) groups excluding carboxylic acids is 1. The lowest BCUT2D eigenvalue weighted by Crippen LogP contribution is -2.59. The Labute approximate surface area is 283 Å². The Morgan fingerprint density at radius 3 is 2.45 bits per heavy atom. The Kier molecular flexibility index (Phi) is 6.18. The molecule has 1 amide bonds. The zero-order valence-corrected chi connectivity index (χ0v) is 27.8. The molecule has 0 aromatic carbocycles. The van der Waals surface area contributed by atoms with E-state index in [-0.39, 0.29) is 40.7 Å². The minimum absolute atomic E-state index is 0.00674. The van der Waals surface area contributed by atoms with E-state index in [1.54, 1.807) is 0 Å². The average molecular weight is 631 g/mol. The van der Waals surface area contributed by atoms with E-state index in [2.05, 4.69) is 43.8 Å². The summed E-state index contributed by atoms with van der Waals surface area (Å²) in [6, 6.07) is 5.80. The van der Waals surface area contributed by atoms with Gasteiger partial charge in [-0.15, -0.1) is 0 Å². The van der Waals surface area contributed by atoms with Crippen LogP contribution in [0.15, 0.2) is 24.4 Å². The summed E-state index contributed by atoms with van der Waals surface area (Å²) in [7, 11) is -1.40. The van der Waals surface area contributed by atoms with Gasteiger partial charge >= 0.3 is 0 Å². The molecule has 1 aliphatic carbocycles. The number of rotatable bonds is 10. The third-order valence-electron chi connectivity index (χ3n) is 8.50. The van der Waals surface area contributed by atoms with Crippen LogP contribution in [-0.2, 0) is 11.5 Å². The SMILES string of the molecule is [2H]C([2H])([2H])C1(C([2H])([2H])[2H])CC(c2ccc(NC(=O)c3nc(C#N)cn3COCC[Si](C)(C)C)c(C3=CCC(C)(C)CC3)n2)CC(C([2H])([2H])[2H])(C([2H])([2H])[2H])N1CC. The maximum Gasteiger partial charge on any atom is 0.291 e. The summed E-state index contributed by atoms with van der Waals surface area (Å²) in [5, 5.41) is 12.5. The zero-order chi connectivity index (χ0) is 42.5. The highest BCUT2D eigenvalue weighted by Crippen LogP contribution is 2.46. The minimum Gasteiger partial charge on any atom is -0.361 e. The molecule has 3 heterocycles. The van der Waals surface area contributed by atoms with E-state index in [0.717, 1.165) is 18.0 Å². The number of amides is 1. The van der Waals surface area contributed by atoms with E-state index in [9.17, 15) is 10.1 Å². The van der Waals surface area contributed by atoms with Crippen molar-refractivity contribution < 1.29 is 26.0 Å². The smallest absolute Gasteiger partial charge is 0.291 e. The van der Waals surface area contributed by atoms with Crippen molar-refractivity contribution in [2.75, 3.05) is 18.5 Å². The van der Waals surface area contributed by atoms with Crippen molar-refractivity contribution in [2.45, 2.75) is 130 Å². The number of likely N-dealkylation sites (tertiary alicyclic amines) is 1. The first-order valence-corrected chi connectivity index (χ1v) is 19.0. The Hall–Kier alpha value is -2.80. The van der Waals surface area contributed by atoms with Crippen LogP contribution in [0.3, 0.4) is 0 Å². The summed E-state index contributed by atoms with van der Waals surface area (Å²) in [4.78, 5) is 23.7. The number of pyridine rings is 1. The van der Waals surface area contributed by atoms with Crippen LogP contribution >= 0.6 is 0 Å². The van der Waals surface area contributed by atoms with Crippen LogP contribution in [0.1, 0.15) is 130 Å². The molecule has 240 valence electrons. The largest absolute Gasteiger partial charge is 0.361 e. The van der Waals surface area contributed by atoms with Crippen LogP contribution < -0.4 is 5.32 Å². The molecule has 0 radical (unpaired) electrons. The van der Waals surface area contributed by atoms with Crippen molar-refractivity contribution >= 4 is 25.2 Å². The molecular formula is C35H54N6O2Si. The van der Waals surface area contributed by atoms with Crippen molar-refractivity contribution in [1.29, 1.82) is 5.26 Å². The number of allylic oxidation sites excluding steroid dienone is 2. The molecule has 9 heteroatoms. The van der Waals surface area contributed by atoms with Gasteiger partial charge in [-0.2, -0.15) is 5.26 Å². The number of carbonyl (C=O) groups is 1. The normalized spacial score (nSPS) is 25.3. The standard InChI is InChI=1S/C35H54N6O2Si/c1-11-41-34(4,5)20-26(21-35(41,6)7)28-12-13-29(30(38-28)25-14-16-33(2,3)17-15-25)39-32(42)31-37-27(22-36)23-40(31)24-43-18-19-44(8,9)10/h12-14,23,26H,11,15-21,24H2,1-10H3,(H,39,42)/i4D3,5D3,6D3,7D3. The molecule has 1 aliphatic heterocycles. The van der Waals surface area contributed by atoms with Crippen LogP contribution in [0.25, 0.3) is 5.57 Å². The van der Waals surface area contributed by atoms with Gasteiger partial charge in [0.1, 0.15) is 12.8 Å². The lowest BCUT2D eigenvalue weighted by Gasteiger charge is -2.55. The predicted molar refractivity (Wildman–Crippen MR) is 181 cm³/mol. The molecule has 2 aromatic heterocycles. The van der Waals surface area contributed by atoms with Gasteiger partial charge < -0.3 is 14.6 Å². The maximum absolute atomic E-state index is 13.9. The summed E-state index contributed by atoms with van der Waals surface area (Å²) in [6.07, 6.45) is 4.06. The number of ether oxygens (including phenoxy) is 1. The number of hydrogen-bond acceptors (Lipinski definition) is 6. The molecule has 1 saturated heterocycles. The number of anilines is 1. The molecule has 2 aliphatic rings. The number of hydrogen-bond donors (Lipinski definition) is 1. The zero-order valence-electron chi connectivity index (χ0n) is 38.8. The molecule has 0 unspecified atom stereocenters. The fraction of sp³-hybridized carbons (Fsp3) is 0.657. The Bertz CT molecular complexity index is 1760. The summed E-state index contributed by atoms with van der Waals surface area (Å²) in [5.41, 5.74) is -4.43. The molecule has 1 fully saturated rings. The fourth-order valence-electron chi connectivity index (χ4n) is 5.89. The van der Waals surface area contributed by atoms with Crippen molar-refractivity contribution in [3.63, 3.8) is 0 Å². The van der Waals surface area contributed by atoms with Crippen LogP contribution in [-0.4, -0.2) is 57.6 Å². The predicted octanol–water partition coefficient (Wildman–Crippen LogP) is 8.06. The van der Waals surface area contributed by atoms with E-state index >= 15 is 0 Å². The Balaban J connectivity index is 1.89. The van der Waals surface area contributed by atoms with Gasteiger partial charge in [-0.3, -0.25) is 14.7 Å². The quantitative estimate of drug-likeness (QED) is 0.211. The van der Waals surface area contributed by atoms with Crippen LogP contribution in [0.4, 0.5) is 5.69 Å². The van der Waals surface area contributed by atoms with E-state index in [1.807, 2.05) is 12.1 Å². The second kappa shape index (κ2) is 12.9. The summed E-state index contributed by atoms with van der Waals surface area (Å²) in [5.74, 6) is -2.01. The van der Waals surface area contributed by atoms with Crippen LogP contribution in [0.2, 0.25) is 25.7 Å². The van der Waals surface area contributed by atoms with E-state index in [4.69, 9.17) is 26.2 Å². The molecule has 4 rings (SSSR count). The molecular weight excluding hydrogens is 565 g/mol. The van der Waals surface area contributed by atoms with Gasteiger partial charge in [-0.25, -0.2) is 4.98 Å². The van der Waals surface area contributed by atoms with E-state index < -0.39 is 77.8 Å². The van der Waals surface area contributed by atoms with Crippen LogP contribution in [0, 0.1) is 16.7 Å². The lowest BCUT2D eigenvalue weighted by molar-refractivity contribution is -0.0322. The molecule has 2 aromatic rings. The summed E-state index contributed by atoms with van der Waals surface area (Å²) in [6.45, 7) is -1.23. The molecule has 8 nitrogen and oxygen atoms in total. The van der Waals surface area contributed by atoms with Gasteiger partial charge in [-0.1, -0.05) is 46.5 Å². The molecule has 0 bridgehead atoms. The second-order valence-electron chi connectivity index (χ2n) is 14.1. The number of piperidine rings is 1. The van der Waals surface area contributed by atoms with E-state index in [0.29, 0.717) is 24.3 Å². The van der Waals surface area contributed by atoms with Gasteiger partial charge in [-0.05, 0) is 95.2 Å². The highest BCUT2D eigenvalue weighted by atomic mass is 28.3. The minimum atomic E-state index is -3.36. The molecule has 1 N–H and O–H groups in total. The van der Waals surface area contributed by atoms with Gasteiger partial charge in [0.15, 0.2) is 5.69 Å². The first-order chi connectivity index (χ1) is 25.4. The first-order valence-electron chi connectivity index (χ1n) is 21.3. The van der Waals surface area contributed by atoms with Crippen LogP contribution in [0.5, 0.6) is 0 Å². The fourth-order valence-corrected chi connectivity index (χ4v) is 6.65. The van der Waals surface area contributed by atoms with Gasteiger partial charge in [0, 0.05) is 60.0 Å². The number of nitriles is 1. The van der Waals surface area contributed by atoms with Crippen molar-refractivity contribution in [1.82, 2.24) is 19.4 Å². The Morgan fingerprint density at radius 1 is 1.18 bits per heavy atom. The highest BCUT2D eigenvalue weighted by Gasteiger charge is 2.45. The lowest BCUT2D eigenvalue weighted by atomic mass is 9.72. The summed E-state index contributed by atoms with van der Waals surface area (Å²) >= 11 is 0.